The summed E-state index contributed by atoms with van der Waals surface area (Å²) in [7, 11) is 1.77. The maximum absolute atomic E-state index is 12.3. The van der Waals surface area contributed by atoms with Gasteiger partial charge in [-0.25, -0.2) is 0 Å². The van der Waals surface area contributed by atoms with Crippen molar-refractivity contribution < 1.29 is 9.59 Å². The van der Waals surface area contributed by atoms with Crippen molar-refractivity contribution in [1.29, 1.82) is 0 Å². The second-order valence-corrected chi connectivity index (χ2v) is 8.22. The molecular weight excluding hydrogens is 422 g/mol. The van der Waals surface area contributed by atoms with Crippen LogP contribution in [0.1, 0.15) is 17.0 Å². The van der Waals surface area contributed by atoms with E-state index < -0.39 is 0 Å². The van der Waals surface area contributed by atoms with Gasteiger partial charge in [-0.15, -0.1) is 10.2 Å². The third-order valence-electron chi connectivity index (χ3n) is 4.36. The van der Waals surface area contributed by atoms with Gasteiger partial charge in [0.1, 0.15) is 5.82 Å². The van der Waals surface area contributed by atoms with Gasteiger partial charge in [-0.3, -0.25) is 9.59 Å². The molecule has 0 aliphatic heterocycles. The van der Waals surface area contributed by atoms with E-state index in [-0.39, 0.29) is 24.0 Å². The monoisotopic (exact) mass is 443 g/mol. The topological polar surface area (TPSA) is 88.9 Å². The number of carbonyl (C=O) groups is 2. The first-order valence-corrected chi connectivity index (χ1v) is 10.6. The molecule has 0 atom stereocenters. The van der Waals surface area contributed by atoms with Crippen molar-refractivity contribution in [2.75, 3.05) is 16.4 Å². The van der Waals surface area contributed by atoms with Gasteiger partial charge in [0.25, 0.3) is 0 Å². The van der Waals surface area contributed by atoms with E-state index in [0.29, 0.717) is 21.7 Å². The van der Waals surface area contributed by atoms with Crippen molar-refractivity contribution in [3.63, 3.8) is 0 Å². The van der Waals surface area contributed by atoms with Crippen molar-refractivity contribution in [2.45, 2.75) is 25.4 Å². The Morgan fingerprint density at radius 3 is 2.47 bits per heavy atom. The lowest BCUT2D eigenvalue weighted by molar-refractivity contribution is -0.116. The number of rotatable bonds is 7. The van der Waals surface area contributed by atoms with Crippen LogP contribution in [-0.2, 0) is 23.1 Å². The number of amides is 2. The molecule has 0 fully saturated rings. The summed E-state index contributed by atoms with van der Waals surface area (Å²) >= 11 is 7.12. The average Bonchev–Trinajstić information content (AvgIpc) is 3.04. The molecule has 0 aliphatic carbocycles. The first kappa shape index (κ1) is 21.9. The van der Waals surface area contributed by atoms with Crippen molar-refractivity contribution in [3.8, 4) is 0 Å². The third kappa shape index (κ3) is 5.84. The van der Waals surface area contributed by atoms with Crippen LogP contribution in [0.25, 0.3) is 0 Å². The number of anilines is 2. The summed E-state index contributed by atoms with van der Waals surface area (Å²) in [6.07, 6.45) is 0.0709. The van der Waals surface area contributed by atoms with Gasteiger partial charge in [-0.2, -0.15) is 0 Å². The molecule has 2 aromatic carbocycles. The number of halogens is 1. The Labute approximate surface area is 184 Å². The predicted octanol–water partition coefficient (Wildman–Crippen LogP) is 4.00. The molecule has 0 bridgehead atoms. The minimum atomic E-state index is -0.211. The van der Waals surface area contributed by atoms with Crippen LogP contribution in [0.2, 0.25) is 5.02 Å². The highest BCUT2D eigenvalue weighted by Crippen LogP contribution is 2.19. The number of aromatic nitrogens is 3. The van der Waals surface area contributed by atoms with Crippen LogP contribution in [-0.4, -0.2) is 32.3 Å². The maximum Gasteiger partial charge on any atom is 0.234 e. The first-order valence-electron chi connectivity index (χ1n) is 9.25. The number of nitrogens with one attached hydrogen (secondary N) is 2. The predicted molar refractivity (Wildman–Crippen MR) is 120 cm³/mol. The summed E-state index contributed by atoms with van der Waals surface area (Å²) < 4.78 is 1.72. The van der Waals surface area contributed by atoms with Gasteiger partial charge in [0.15, 0.2) is 5.16 Å². The Morgan fingerprint density at radius 2 is 1.77 bits per heavy atom. The molecule has 2 amide bonds. The maximum atomic E-state index is 12.3. The zero-order valence-electron chi connectivity index (χ0n) is 16.9. The van der Waals surface area contributed by atoms with E-state index in [4.69, 9.17) is 11.6 Å². The van der Waals surface area contributed by atoms with Crippen LogP contribution in [0.5, 0.6) is 0 Å². The fourth-order valence-corrected chi connectivity index (χ4v) is 3.63. The SMILES string of the molecule is Cc1ccc(NC(=O)CSc2nnc(CC(=O)Nc3ccc(Cl)cc3)n2C)c(C)c1. The van der Waals surface area contributed by atoms with Crippen molar-refractivity contribution in [1.82, 2.24) is 14.8 Å². The largest absolute Gasteiger partial charge is 0.326 e. The Kier molecular flexibility index (Phi) is 7.12. The standard InChI is InChI=1S/C21H22ClN5O2S/c1-13-4-9-17(14(2)10-13)24-20(29)12-30-21-26-25-18(27(21)3)11-19(28)23-16-7-5-15(22)6-8-16/h4-10H,11-12H2,1-3H3,(H,23,28)(H,24,29). The fraction of sp³-hybridized carbons (Fsp3) is 0.238. The molecule has 0 aliphatic rings. The van der Waals surface area contributed by atoms with Crippen LogP contribution in [0.4, 0.5) is 11.4 Å². The van der Waals surface area contributed by atoms with Gasteiger partial charge < -0.3 is 15.2 Å². The number of aryl methyl sites for hydroxylation is 2. The third-order valence-corrected chi connectivity index (χ3v) is 5.63. The molecule has 2 N–H and O–H groups in total. The van der Waals surface area contributed by atoms with E-state index in [1.165, 1.54) is 11.8 Å². The van der Waals surface area contributed by atoms with Crippen molar-refractivity contribution >= 4 is 46.6 Å². The number of nitrogens with zero attached hydrogens (tertiary/aromatic N) is 3. The molecule has 156 valence electrons. The molecule has 0 saturated carbocycles. The van der Waals surface area contributed by atoms with E-state index >= 15 is 0 Å². The molecule has 3 rings (SSSR count). The normalized spacial score (nSPS) is 10.7. The van der Waals surface area contributed by atoms with Crippen LogP contribution in [0, 0.1) is 13.8 Å². The van der Waals surface area contributed by atoms with Crippen LogP contribution in [0.15, 0.2) is 47.6 Å². The fourth-order valence-electron chi connectivity index (χ4n) is 2.78. The zero-order valence-corrected chi connectivity index (χ0v) is 18.5. The summed E-state index contributed by atoms with van der Waals surface area (Å²) in [5.74, 6) is 0.365. The van der Waals surface area contributed by atoms with Crippen LogP contribution in [0.3, 0.4) is 0 Å². The highest BCUT2D eigenvalue weighted by atomic mass is 35.5. The molecule has 0 unspecified atom stereocenters. The molecule has 3 aromatic rings. The Hall–Kier alpha value is -2.84. The lowest BCUT2D eigenvalue weighted by Gasteiger charge is -2.09. The van der Waals surface area contributed by atoms with Gasteiger partial charge in [0.05, 0.1) is 12.2 Å². The quantitative estimate of drug-likeness (QED) is 0.539. The number of carbonyl (C=O) groups excluding carboxylic acids is 2. The molecule has 0 spiro atoms. The molecule has 1 heterocycles. The summed E-state index contributed by atoms with van der Waals surface area (Å²) in [6.45, 7) is 3.97. The first-order chi connectivity index (χ1) is 14.3. The highest BCUT2D eigenvalue weighted by Gasteiger charge is 2.15. The second kappa shape index (κ2) is 9.77. The summed E-state index contributed by atoms with van der Waals surface area (Å²) in [5, 5.41) is 15.0. The van der Waals surface area contributed by atoms with Crippen molar-refractivity contribution in [3.05, 3.63) is 64.4 Å². The van der Waals surface area contributed by atoms with Gasteiger partial charge >= 0.3 is 0 Å². The van der Waals surface area contributed by atoms with Crippen molar-refractivity contribution in [2.24, 2.45) is 7.05 Å². The number of benzene rings is 2. The Morgan fingerprint density at radius 1 is 1.03 bits per heavy atom. The number of hydrogen-bond donors (Lipinski definition) is 2. The number of thioether (sulfide) groups is 1. The Bertz CT molecular complexity index is 1070. The molecule has 9 heteroatoms. The van der Waals surface area contributed by atoms with E-state index in [1.54, 1.807) is 35.9 Å². The lowest BCUT2D eigenvalue weighted by Crippen LogP contribution is -2.17. The molecule has 7 nitrogen and oxygen atoms in total. The molecule has 0 saturated heterocycles. The zero-order chi connectivity index (χ0) is 21.7. The molecular formula is C21H22ClN5O2S. The highest BCUT2D eigenvalue weighted by molar-refractivity contribution is 7.99. The van der Waals surface area contributed by atoms with Crippen LogP contribution >= 0.6 is 23.4 Å². The summed E-state index contributed by atoms with van der Waals surface area (Å²) in [5.41, 5.74) is 3.61. The van der Waals surface area contributed by atoms with E-state index in [0.717, 1.165) is 16.8 Å². The summed E-state index contributed by atoms with van der Waals surface area (Å²) in [4.78, 5) is 24.5. The molecule has 1 aromatic heterocycles. The average molecular weight is 444 g/mol. The minimum absolute atomic E-state index is 0.0709. The van der Waals surface area contributed by atoms with E-state index in [1.807, 2.05) is 32.0 Å². The second-order valence-electron chi connectivity index (χ2n) is 6.84. The van der Waals surface area contributed by atoms with Gasteiger partial charge in [0.2, 0.25) is 11.8 Å². The van der Waals surface area contributed by atoms with E-state index in [9.17, 15) is 9.59 Å². The van der Waals surface area contributed by atoms with Crippen LogP contribution < -0.4 is 10.6 Å². The smallest absolute Gasteiger partial charge is 0.234 e. The minimum Gasteiger partial charge on any atom is -0.326 e. The number of hydrogen-bond acceptors (Lipinski definition) is 5. The Balaban J connectivity index is 1.53. The van der Waals surface area contributed by atoms with Gasteiger partial charge in [-0.1, -0.05) is 41.1 Å². The van der Waals surface area contributed by atoms with Gasteiger partial charge in [0, 0.05) is 23.4 Å². The summed E-state index contributed by atoms with van der Waals surface area (Å²) in [6, 6.07) is 12.7. The lowest BCUT2D eigenvalue weighted by atomic mass is 10.1. The molecule has 30 heavy (non-hydrogen) atoms. The molecule has 0 radical (unpaired) electrons. The van der Waals surface area contributed by atoms with Gasteiger partial charge in [-0.05, 0) is 49.7 Å². The van der Waals surface area contributed by atoms with E-state index in [2.05, 4.69) is 20.8 Å².